The van der Waals surface area contributed by atoms with Crippen molar-refractivity contribution >= 4 is 27.3 Å². The Morgan fingerprint density at radius 1 is 1.12 bits per heavy atom. The van der Waals surface area contributed by atoms with Crippen molar-refractivity contribution < 1.29 is 17.7 Å². The molecule has 1 saturated heterocycles. The molecule has 10 heteroatoms. The molecule has 1 saturated carbocycles. The zero-order valence-corrected chi connectivity index (χ0v) is 20.4. The van der Waals surface area contributed by atoms with Gasteiger partial charge in [0.15, 0.2) is 0 Å². The van der Waals surface area contributed by atoms with Crippen LogP contribution in [0.2, 0.25) is 0 Å². The van der Waals surface area contributed by atoms with E-state index in [1.807, 2.05) is 0 Å². The van der Waals surface area contributed by atoms with Crippen molar-refractivity contribution in [2.24, 2.45) is 5.92 Å². The molecular formula is C22H32N4O4S2. The van der Waals surface area contributed by atoms with E-state index in [9.17, 15) is 13.2 Å². The highest BCUT2D eigenvalue weighted by Gasteiger charge is 2.35. The fraction of sp³-hybridized carbons (Fsp3) is 0.682. The summed E-state index contributed by atoms with van der Waals surface area (Å²) in [6, 6.07) is 1.84. The van der Waals surface area contributed by atoms with Crippen molar-refractivity contribution in [3.63, 3.8) is 0 Å². The standard InChI is InChI=1S/C22H32N4O4S2/c1-15-20(13-19(31-15)21-23-16(2)30-25-21)32(28,29)26-12-8-9-17(14-26)22(27)24-18-10-6-4-3-5-7-11-18/h13,17-18H,3-12,14H2,1-2H3,(H,24,27)/t17-/m1/s1. The molecule has 1 aliphatic heterocycles. The molecule has 176 valence electrons. The number of amides is 1. The van der Waals surface area contributed by atoms with Crippen molar-refractivity contribution in [1.82, 2.24) is 19.8 Å². The topological polar surface area (TPSA) is 105 Å². The summed E-state index contributed by atoms with van der Waals surface area (Å²) in [7, 11) is -3.71. The molecule has 1 amide bonds. The van der Waals surface area contributed by atoms with Gasteiger partial charge in [0.05, 0.1) is 15.7 Å². The second-order valence-corrected chi connectivity index (χ2v) is 12.1. The van der Waals surface area contributed by atoms with Gasteiger partial charge in [-0.1, -0.05) is 37.3 Å². The van der Waals surface area contributed by atoms with E-state index in [2.05, 4.69) is 15.5 Å². The van der Waals surface area contributed by atoms with Gasteiger partial charge < -0.3 is 9.84 Å². The number of hydrogen-bond acceptors (Lipinski definition) is 7. The smallest absolute Gasteiger partial charge is 0.244 e. The van der Waals surface area contributed by atoms with Crippen LogP contribution < -0.4 is 5.32 Å². The Morgan fingerprint density at radius 2 is 1.84 bits per heavy atom. The highest BCUT2D eigenvalue weighted by molar-refractivity contribution is 7.89. The minimum absolute atomic E-state index is 0.000440. The van der Waals surface area contributed by atoms with E-state index in [0.717, 1.165) is 32.1 Å². The number of carbonyl (C=O) groups is 1. The van der Waals surface area contributed by atoms with Crippen LogP contribution in [0.3, 0.4) is 0 Å². The molecule has 2 aliphatic rings. The third kappa shape index (κ3) is 5.23. The minimum Gasteiger partial charge on any atom is -0.353 e. The van der Waals surface area contributed by atoms with Gasteiger partial charge in [0.25, 0.3) is 0 Å². The Hall–Kier alpha value is -1.78. The molecule has 0 bridgehead atoms. The summed E-state index contributed by atoms with van der Waals surface area (Å²) >= 11 is 1.34. The summed E-state index contributed by atoms with van der Waals surface area (Å²) in [5, 5.41) is 7.12. The van der Waals surface area contributed by atoms with Crippen LogP contribution in [-0.2, 0) is 14.8 Å². The Bertz CT molecular complexity index is 1040. The predicted octanol–water partition coefficient (Wildman–Crippen LogP) is 4.04. The molecule has 4 rings (SSSR count). The SMILES string of the molecule is Cc1nc(-c2cc(S(=O)(=O)N3CCC[C@@H](C(=O)NC4CCCCCCC4)C3)c(C)s2)no1. The molecule has 1 atom stereocenters. The lowest BCUT2D eigenvalue weighted by Gasteiger charge is -2.32. The summed E-state index contributed by atoms with van der Waals surface area (Å²) in [6.45, 7) is 4.15. The molecule has 3 heterocycles. The third-order valence-corrected chi connectivity index (χ3v) is 9.61. The lowest BCUT2D eigenvalue weighted by molar-refractivity contribution is -0.126. The number of hydrogen-bond donors (Lipinski definition) is 1. The van der Waals surface area contributed by atoms with Crippen LogP contribution in [0.5, 0.6) is 0 Å². The summed E-state index contributed by atoms with van der Waals surface area (Å²) in [6.07, 6.45) is 9.49. The van der Waals surface area contributed by atoms with Gasteiger partial charge in [0, 0.05) is 30.9 Å². The minimum atomic E-state index is -3.71. The van der Waals surface area contributed by atoms with E-state index >= 15 is 0 Å². The molecule has 0 spiro atoms. The lowest BCUT2D eigenvalue weighted by Crippen LogP contribution is -2.47. The van der Waals surface area contributed by atoms with E-state index in [0.29, 0.717) is 34.4 Å². The molecule has 2 aromatic rings. The lowest BCUT2D eigenvalue weighted by atomic mass is 9.94. The van der Waals surface area contributed by atoms with E-state index in [-0.39, 0.29) is 29.3 Å². The largest absolute Gasteiger partial charge is 0.353 e. The maximum atomic E-state index is 13.4. The van der Waals surface area contributed by atoms with Crippen LogP contribution in [0, 0.1) is 19.8 Å². The Balaban J connectivity index is 1.45. The van der Waals surface area contributed by atoms with Crippen LogP contribution in [-0.4, -0.2) is 47.9 Å². The number of thiophene rings is 1. The van der Waals surface area contributed by atoms with Crippen LogP contribution in [0.15, 0.2) is 15.5 Å². The summed E-state index contributed by atoms with van der Waals surface area (Å²) in [5.74, 6) is 0.527. The summed E-state index contributed by atoms with van der Waals surface area (Å²) < 4.78 is 33.4. The molecule has 8 nitrogen and oxygen atoms in total. The molecule has 1 aliphatic carbocycles. The molecule has 0 unspecified atom stereocenters. The highest BCUT2D eigenvalue weighted by Crippen LogP contribution is 2.35. The number of nitrogens with one attached hydrogen (secondary N) is 1. The third-order valence-electron chi connectivity index (χ3n) is 6.44. The average molecular weight is 481 g/mol. The first-order valence-corrected chi connectivity index (χ1v) is 13.8. The fourth-order valence-electron chi connectivity index (χ4n) is 4.66. The van der Waals surface area contributed by atoms with E-state index in [1.165, 1.54) is 34.9 Å². The number of piperidine rings is 1. The van der Waals surface area contributed by atoms with Gasteiger partial charge >= 0.3 is 0 Å². The van der Waals surface area contributed by atoms with Gasteiger partial charge in [0.1, 0.15) is 0 Å². The zero-order valence-electron chi connectivity index (χ0n) is 18.8. The highest BCUT2D eigenvalue weighted by atomic mass is 32.2. The van der Waals surface area contributed by atoms with E-state index in [4.69, 9.17) is 4.52 Å². The first kappa shape index (κ1) is 23.4. The quantitative estimate of drug-likeness (QED) is 0.692. The maximum Gasteiger partial charge on any atom is 0.244 e. The van der Waals surface area contributed by atoms with Crippen molar-refractivity contribution in [2.45, 2.75) is 82.6 Å². The fourth-order valence-corrected chi connectivity index (χ4v) is 7.67. The maximum absolute atomic E-state index is 13.4. The predicted molar refractivity (Wildman–Crippen MR) is 123 cm³/mol. The van der Waals surface area contributed by atoms with Gasteiger partial charge in [-0.2, -0.15) is 9.29 Å². The average Bonchev–Trinajstić information content (AvgIpc) is 3.36. The first-order valence-electron chi connectivity index (χ1n) is 11.6. The number of aromatic nitrogens is 2. The van der Waals surface area contributed by atoms with Crippen LogP contribution in [0.1, 0.15) is 68.6 Å². The van der Waals surface area contributed by atoms with E-state index < -0.39 is 10.0 Å². The number of sulfonamides is 1. The summed E-state index contributed by atoms with van der Waals surface area (Å²) in [4.78, 5) is 18.8. The summed E-state index contributed by atoms with van der Waals surface area (Å²) in [5.41, 5.74) is 0. The molecule has 2 fully saturated rings. The zero-order chi connectivity index (χ0) is 22.7. The van der Waals surface area contributed by atoms with Gasteiger partial charge in [-0.05, 0) is 38.7 Å². The molecule has 2 aromatic heterocycles. The Labute approximate surface area is 193 Å². The molecule has 0 aromatic carbocycles. The van der Waals surface area contributed by atoms with Crippen LogP contribution in [0.4, 0.5) is 0 Å². The van der Waals surface area contributed by atoms with Crippen molar-refractivity contribution in [1.29, 1.82) is 0 Å². The number of carbonyl (C=O) groups excluding carboxylic acids is 1. The van der Waals surface area contributed by atoms with Gasteiger partial charge in [-0.3, -0.25) is 4.79 Å². The van der Waals surface area contributed by atoms with Gasteiger partial charge in [0.2, 0.25) is 27.6 Å². The Morgan fingerprint density at radius 3 is 2.53 bits per heavy atom. The van der Waals surface area contributed by atoms with E-state index in [1.54, 1.807) is 19.9 Å². The van der Waals surface area contributed by atoms with Gasteiger partial charge in [-0.15, -0.1) is 11.3 Å². The number of nitrogens with zero attached hydrogens (tertiary/aromatic N) is 3. The molecule has 0 radical (unpaired) electrons. The van der Waals surface area contributed by atoms with Crippen molar-refractivity contribution in [3.8, 4) is 10.7 Å². The first-order chi connectivity index (χ1) is 15.3. The normalized spacial score (nSPS) is 21.8. The van der Waals surface area contributed by atoms with Crippen LogP contribution in [0.25, 0.3) is 10.7 Å². The number of rotatable bonds is 5. The molecular weight excluding hydrogens is 448 g/mol. The molecule has 1 N–H and O–H groups in total. The van der Waals surface area contributed by atoms with Crippen LogP contribution >= 0.6 is 11.3 Å². The van der Waals surface area contributed by atoms with Gasteiger partial charge in [-0.25, -0.2) is 8.42 Å². The van der Waals surface area contributed by atoms with Crippen molar-refractivity contribution in [2.75, 3.05) is 13.1 Å². The Kier molecular flexibility index (Phi) is 7.31. The second kappa shape index (κ2) is 10.0. The number of aryl methyl sites for hydroxylation is 2. The monoisotopic (exact) mass is 480 g/mol. The molecule has 32 heavy (non-hydrogen) atoms. The van der Waals surface area contributed by atoms with Crippen molar-refractivity contribution in [3.05, 3.63) is 16.8 Å². The second-order valence-electron chi connectivity index (χ2n) is 8.92.